The van der Waals surface area contributed by atoms with Gasteiger partial charge in [-0.1, -0.05) is 0 Å². The second kappa shape index (κ2) is 9.84. The lowest BCUT2D eigenvalue weighted by Crippen LogP contribution is -2.48. The number of nitriles is 1. The van der Waals surface area contributed by atoms with E-state index in [0.717, 1.165) is 18.5 Å². The average molecular weight is 463 g/mol. The first-order valence-electron chi connectivity index (χ1n) is 11.0. The molecule has 2 aromatic heterocycles. The predicted octanol–water partition coefficient (Wildman–Crippen LogP) is 1.46. The van der Waals surface area contributed by atoms with Crippen LogP contribution in [0.5, 0.6) is 0 Å². The maximum atomic E-state index is 13.1. The number of urea groups is 1. The number of nitrogens with one attached hydrogen (secondary N) is 2. The van der Waals surface area contributed by atoms with E-state index >= 15 is 0 Å². The summed E-state index contributed by atoms with van der Waals surface area (Å²) in [6, 6.07) is 5.08. The molecule has 176 valence electrons. The number of carbonyl (C=O) groups excluding carboxylic acids is 3. The van der Waals surface area contributed by atoms with Crippen molar-refractivity contribution in [3.63, 3.8) is 0 Å². The third kappa shape index (κ3) is 4.67. The summed E-state index contributed by atoms with van der Waals surface area (Å²) >= 11 is 0. The first-order valence-corrected chi connectivity index (χ1v) is 11.0. The molecule has 2 aromatic rings. The molecule has 1 fully saturated rings. The number of amides is 3. The number of anilines is 3. The number of carbonyl (C=O) groups is 3. The predicted molar refractivity (Wildman–Crippen MR) is 126 cm³/mol. The largest absolute Gasteiger partial charge is 0.387 e. The summed E-state index contributed by atoms with van der Waals surface area (Å²) in [4.78, 5) is 51.1. The quantitative estimate of drug-likeness (QED) is 0.638. The lowest BCUT2D eigenvalue weighted by atomic mass is 10.0. The van der Waals surface area contributed by atoms with E-state index in [1.807, 2.05) is 24.1 Å². The number of aromatic nitrogens is 2. The highest BCUT2D eigenvalue weighted by Gasteiger charge is 2.28. The molecule has 2 N–H and O–H groups in total. The Bertz CT molecular complexity index is 1180. The van der Waals surface area contributed by atoms with E-state index in [0.29, 0.717) is 67.3 Å². The van der Waals surface area contributed by atoms with Gasteiger partial charge in [0.05, 0.1) is 17.8 Å². The van der Waals surface area contributed by atoms with Gasteiger partial charge >= 0.3 is 6.03 Å². The van der Waals surface area contributed by atoms with E-state index in [1.54, 1.807) is 18.0 Å². The van der Waals surface area contributed by atoms with Gasteiger partial charge in [0, 0.05) is 51.1 Å². The number of hydrogen-bond acceptors (Lipinski definition) is 8. The molecule has 34 heavy (non-hydrogen) atoms. The number of fused-ring (bicyclic) bond motifs is 1. The zero-order valence-electron chi connectivity index (χ0n) is 19.2. The third-order valence-corrected chi connectivity index (χ3v) is 6.03. The molecule has 11 heteroatoms. The van der Waals surface area contributed by atoms with Gasteiger partial charge in [-0.3, -0.25) is 24.7 Å². The molecule has 0 unspecified atom stereocenters. The van der Waals surface area contributed by atoms with Gasteiger partial charge in [-0.15, -0.1) is 0 Å². The maximum Gasteiger partial charge on any atom is 0.328 e. The number of pyridine rings is 2. The minimum absolute atomic E-state index is 0.0141. The number of aryl methyl sites for hydroxylation is 1. The standard InChI is InChI=1S/C23H26N8O3/c1-25-18-9-20(26-11-17(18)10-24)28-23(34)31-5-3-4-15-8-16(19(14-32)27-22(15)31)12-30-7-6-29(2)13-21(30)33/h8-9,11,14H,3-7,12-13H2,1-2H3,(H2,25,26,28,34). The second-order valence-electron chi connectivity index (χ2n) is 8.35. The minimum atomic E-state index is -0.424. The fourth-order valence-corrected chi connectivity index (χ4v) is 4.18. The zero-order chi connectivity index (χ0) is 24.2. The summed E-state index contributed by atoms with van der Waals surface area (Å²) in [5.41, 5.74) is 2.68. The average Bonchev–Trinajstić information content (AvgIpc) is 2.84. The summed E-state index contributed by atoms with van der Waals surface area (Å²) in [5, 5.41) is 14.8. The SMILES string of the molecule is CNc1cc(NC(=O)N2CCCc3cc(CN4CCN(C)CC4=O)c(C=O)nc32)ncc1C#N. The molecule has 1 saturated heterocycles. The Labute approximate surface area is 197 Å². The molecule has 0 saturated carbocycles. The molecule has 2 aliphatic heterocycles. The third-order valence-electron chi connectivity index (χ3n) is 6.03. The van der Waals surface area contributed by atoms with Crippen LogP contribution >= 0.6 is 0 Å². The maximum absolute atomic E-state index is 13.1. The van der Waals surface area contributed by atoms with Crippen LogP contribution in [-0.2, 0) is 17.8 Å². The summed E-state index contributed by atoms with van der Waals surface area (Å²) < 4.78 is 0. The van der Waals surface area contributed by atoms with Crippen LogP contribution in [0.3, 0.4) is 0 Å². The molecule has 0 aromatic carbocycles. The topological polar surface area (TPSA) is 135 Å². The van der Waals surface area contributed by atoms with Crippen molar-refractivity contribution in [2.75, 3.05) is 55.8 Å². The van der Waals surface area contributed by atoms with Crippen LogP contribution < -0.4 is 15.5 Å². The van der Waals surface area contributed by atoms with Crippen molar-refractivity contribution in [3.05, 3.63) is 40.7 Å². The number of aldehydes is 1. The molecule has 0 aliphatic carbocycles. The van der Waals surface area contributed by atoms with Crippen LogP contribution in [-0.4, -0.2) is 78.3 Å². The number of nitrogens with zero attached hydrogens (tertiary/aromatic N) is 6. The Morgan fingerprint density at radius 3 is 2.82 bits per heavy atom. The van der Waals surface area contributed by atoms with Crippen molar-refractivity contribution in [2.45, 2.75) is 19.4 Å². The van der Waals surface area contributed by atoms with E-state index in [9.17, 15) is 14.4 Å². The normalized spacial score (nSPS) is 16.0. The highest BCUT2D eigenvalue weighted by molar-refractivity contribution is 6.01. The van der Waals surface area contributed by atoms with E-state index in [2.05, 4.69) is 20.6 Å². The van der Waals surface area contributed by atoms with Crippen molar-refractivity contribution >= 4 is 35.5 Å². The minimum Gasteiger partial charge on any atom is -0.387 e. The lowest BCUT2D eigenvalue weighted by Gasteiger charge is -2.33. The van der Waals surface area contributed by atoms with Crippen LogP contribution in [0.25, 0.3) is 0 Å². The van der Waals surface area contributed by atoms with Gasteiger partial charge in [0.1, 0.15) is 23.4 Å². The van der Waals surface area contributed by atoms with Crippen LogP contribution in [0.1, 0.15) is 33.6 Å². The van der Waals surface area contributed by atoms with Crippen LogP contribution in [0, 0.1) is 11.3 Å². The molecule has 0 spiro atoms. The van der Waals surface area contributed by atoms with Crippen molar-refractivity contribution < 1.29 is 14.4 Å². The summed E-state index contributed by atoms with van der Waals surface area (Å²) in [5.74, 6) is 0.739. The number of hydrogen-bond donors (Lipinski definition) is 2. The number of likely N-dealkylation sites (N-methyl/N-ethyl adjacent to an activating group) is 1. The smallest absolute Gasteiger partial charge is 0.328 e. The van der Waals surface area contributed by atoms with E-state index in [4.69, 9.17) is 5.26 Å². The van der Waals surface area contributed by atoms with Crippen molar-refractivity contribution in [1.82, 2.24) is 19.8 Å². The molecule has 4 heterocycles. The van der Waals surface area contributed by atoms with Gasteiger partial charge < -0.3 is 10.2 Å². The Hall–Kier alpha value is -4.04. The fourth-order valence-electron chi connectivity index (χ4n) is 4.18. The monoisotopic (exact) mass is 462 g/mol. The van der Waals surface area contributed by atoms with Crippen molar-refractivity contribution in [3.8, 4) is 6.07 Å². The molecule has 0 bridgehead atoms. The molecule has 0 atom stereocenters. The Morgan fingerprint density at radius 1 is 1.29 bits per heavy atom. The number of rotatable bonds is 5. The molecule has 2 aliphatic rings. The summed E-state index contributed by atoms with van der Waals surface area (Å²) in [6.07, 6.45) is 3.51. The van der Waals surface area contributed by atoms with E-state index < -0.39 is 6.03 Å². The molecule has 3 amide bonds. The van der Waals surface area contributed by atoms with Crippen molar-refractivity contribution in [2.24, 2.45) is 0 Å². The second-order valence-corrected chi connectivity index (χ2v) is 8.35. The highest BCUT2D eigenvalue weighted by Crippen LogP contribution is 2.29. The lowest BCUT2D eigenvalue weighted by molar-refractivity contribution is -0.136. The molecular formula is C23H26N8O3. The fraction of sp³-hybridized carbons (Fsp3) is 0.391. The van der Waals surface area contributed by atoms with Crippen molar-refractivity contribution in [1.29, 1.82) is 5.26 Å². The zero-order valence-corrected chi connectivity index (χ0v) is 19.2. The number of piperazine rings is 1. The van der Waals surface area contributed by atoms with Gasteiger partial charge in [-0.05, 0) is 31.5 Å². The summed E-state index contributed by atoms with van der Waals surface area (Å²) in [7, 11) is 3.58. The first-order chi connectivity index (χ1) is 16.4. The van der Waals surface area contributed by atoms with Gasteiger partial charge in [0.25, 0.3) is 0 Å². The van der Waals surface area contributed by atoms with Gasteiger partial charge in [0.15, 0.2) is 6.29 Å². The van der Waals surface area contributed by atoms with Gasteiger partial charge in [0.2, 0.25) is 5.91 Å². The Kier molecular flexibility index (Phi) is 6.70. The van der Waals surface area contributed by atoms with Crippen LogP contribution in [0.2, 0.25) is 0 Å². The van der Waals surface area contributed by atoms with E-state index in [1.165, 1.54) is 11.1 Å². The highest BCUT2D eigenvalue weighted by atomic mass is 16.2. The first kappa shape index (κ1) is 23.1. The Morgan fingerprint density at radius 2 is 2.12 bits per heavy atom. The molecule has 4 rings (SSSR count). The van der Waals surface area contributed by atoms with Gasteiger partial charge in [-0.2, -0.15) is 5.26 Å². The molecular weight excluding hydrogens is 436 g/mol. The molecule has 0 radical (unpaired) electrons. The van der Waals surface area contributed by atoms with Crippen LogP contribution in [0.4, 0.5) is 22.1 Å². The summed E-state index contributed by atoms with van der Waals surface area (Å²) in [6.45, 7) is 2.46. The van der Waals surface area contributed by atoms with E-state index in [-0.39, 0.29) is 11.6 Å². The molecule has 11 nitrogen and oxygen atoms in total. The Balaban J connectivity index is 1.57. The van der Waals surface area contributed by atoms with Gasteiger partial charge in [-0.25, -0.2) is 14.8 Å². The van der Waals surface area contributed by atoms with Crippen LogP contribution in [0.15, 0.2) is 18.3 Å².